The fourth-order valence-corrected chi connectivity index (χ4v) is 2.25. The second kappa shape index (κ2) is 6.75. The minimum absolute atomic E-state index is 0.0311. The Hall–Kier alpha value is -2.47. The Morgan fingerprint density at radius 2 is 1.91 bits per heavy atom. The molecule has 2 N–H and O–H groups in total. The maximum absolute atomic E-state index is 13.2. The normalized spacial score (nSPS) is 14.0. The van der Waals surface area contributed by atoms with Crippen LogP contribution in [-0.4, -0.2) is 9.97 Å². The monoisotopic (exact) mass is 334 g/mol. The first-order valence-electron chi connectivity index (χ1n) is 6.97. The van der Waals surface area contributed by atoms with Crippen LogP contribution >= 0.6 is 11.6 Å². The summed E-state index contributed by atoms with van der Waals surface area (Å²) >= 11 is 5.75. The highest BCUT2D eigenvalue weighted by atomic mass is 35.5. The van der Waals surface area contributed by atoms with Gasteiger partial charge >= 0.3 is 0 Å². The van der Waals surface area contributed by atoms with Crippen LogP contribution in [0.15, 0.2) is 54.1 Å². The van der Waals surface area contributed by atoms with E-state index in [1.165, 1.54) is 18.2 Å². The van der Waals surface area contributed by atoms with E-state index in [9.17, 15) is 8.78 Å². The Balaban J connectivity index is 1.73. The number of benzene rings is 1. The Labute approximate surface area is 136 Å². The van der Waals surface area contributed by atoms with Gasteiger partial charge in [0.2, 0.25) is 5.95 Å². The van der Waals surface area contributed by atoms with E-state index in [-0.39, 0.29) is 10.8 Å². The van der Waals surface area contributed by atoms with Gasteiger partial charge in [0.15, 0.2) is 0 Å². The van der Waals surface area contributed by atoms with E-state index >= 15 is 0 Å². The van der Waals surface area contributed by atoms with Gasteiger partial charge in [-0.2, -0.15) is 4.98 Å². The zero-order valence-electron chi connectivity index (χ0n) is 12.0. The van der Waals surface area contributed by atoms with Crippen LogP contribution in [0, 0.1) is 5.82 Å². The summed E-state index contributed by atoms with van der Waals surface area (Å²) in [7, 11) is 0. The third-order valence-corrected chi connectivity index (χ3v) is 3.51. The van der Waals surface area contributed by atoms with Crippen molar-refractivity contribution in [3.05, 3.63) is 65.0 Å². The van der Waals surface area contributed by atoms with Gasteiger partial charge in [0.25, 0.3) is 0 Å². The smallest absolute Gasteiger partial charge is 0.228 e. The fraction of sp³-hybridized carbons (Fsp3) is 0.125. The lowest BCUT2D eigenvalue weighted by Gasteiger charge is -2.13. The Bertz CT molecular complexity index is 789. The van der Waals surface area contributed by atoms with E-state index in [0.717, 1.165) is 5.70 Å². The predicted octanol–water partition coefficient (Wildman–Crippen LogP) is 4.96. The van der Waals surface area contributed by atoms with Gasteiger partial charge < -0.3 is 10.6 Å². The molecule has 23 heavy (non-hydrogen) atoms. The summed E-state index contributed by atoms with van der Waals surface area (Å²) in [5.41, 5.74) is 1.45. The number of halogens is 3. The molecule has 1 aliphatic rings. The van der Waals surface area contributed by atoms with Crippen molar-refractivity contribution in [1.29, 1.82) is 0 Å². The number of nitrogens with one attached hydrogen (secondary N) is 2. The molecule has 0 saturated heterocycles. The van der Waals surface area contributed by atoms with Crippen LogP contribution in [-0.2, 0) is 0 Å². The number of anilines is 3. The lowest BCUT2D eigenvalue weighted by atomic mass is 10.1. The second-order valence-electron chi connectivity index (χ2n) is 4.95. The van der Waals surface area contributed by atoms with E-state index in [2.05, 4.69) is 20.6 Å². The number of allylic oxidation sites excluding steroid dienone is 4. The molecule has 1 aromatic carbocycles. The van der Waals surface area contributed by atoms with Crippen molar-refractivity contribution in [2.24, 2.45) is 0 Å². The summed E-state index contributed by atoms with van der Waals surface area (Å²) in [6.07, 6.45) is 5.61. The number of hydrogen-bond acceptors (Lipinski definition) is 4. The van der Waals surface area contributed by atoms with Gasteiger partial charge in [-0.05, 0) is 42.8 Å². The molecule has 0 unspecified atom stereocenters. The van der Waals surface area contributed by atoms with Crippen molar-refractivity contribution in [2.45, 2.75) is 12.8 Å². The predicted molar refractivity (Wildman–Crippen MR) is 86.9 cm³/mol. The zero-order chi connectivity index (χ0) is 16.2. The van der Waals surface area contributed by atoms with Gasteiger partial charge in [-0.25, -0.2) is 13.8 Å². The maximum atomic E-state index is 13.2. The lowest BCUT2D eigenvalue weighted by Crippen LogP contribution is -2.06. The summed E-state index contributed by atoms with van der Waals surface area (Å²) in [6.45, 7) is 0. The molecule has 1 aromatic heterocycles. The van der Waals surface area contributed by atoms with Gasteiger partial charge in [0.05, 0.1) is 5.02 Å². The van der Waals surface area contributed by atoms with Gasteiger partial charge in [-0.15, -0.1) is 0 Å². The number of hydrogen-bond donors (Lipinski definition) is 2. The minimum Gasteiger partial charge on any atom is -0.340 e. The first-order valence-corrected chi connectivity index (χ1v) is 7.35. The summed E-state index contributed by atoms with van der Waals surface area (Å²) in [5.74, 6) is 0.306. The van der Waals surface area contributed by atoms with Crippen molar-refractivity contribution >= 4 is 29.1 Å². The summed E-state index contributed by atoms with van der Waals surface area (Å²) in [4.78, 5) is 8.43. The fourth-order valence-electron chi connectivity index (χ4n) is 2.07. The van der Waals surface area contributed by atoms with Crippen LogP contribution < -0.4 is 10.6 Å². The summed E-state index contributed by atoms with van der Waals surface area (Å²) in [5, 5.41) is 6.10. The molecule has 0 fully saturated rings. The van der Waals surface area contributed by atoms with Crippen molar-refractivity contribution in [2.75, 3.05) is 10.6 Å². The Morgan fingerprint density at radius 3 is 2.65 bits per heavy atom. The van der Waals surface area contributed by atoms with Crippen LogP contribution in [0.2, 0.25) is 5.02 Å². The molecule has 0 bridgehead atoms. The number of aromatic nitrogens is 2. The molecule has 3 rings (SSSR count). The van der Waals surface area contributed by atoms with Gasteiger partial charge in [-0.1, -0.05) is 11.6 Å². The number of nitrogens with zero attached hydrogens (tertiary/aromatic N) is 2. The molecule has 1 heterocycles. The standard InChI is InChI=1S/C16H13ClF2N4/c17-13-9-12(5-6-14(13)19)21-15-7-8-20-16(23-15)22-11-3-1-10(18)2-4-11/h1,3,5-9H,2,4H2,(H2,20,21,22,23). The van der Waals surface area contributed by atoms with Crippen LogP contribution in [0.25, 0.3) is 0 Å². The molecule has 7 heteroatoms. The van der Waals surface area contributed by atoms with E-state index in [1.807, 2.05) is 0 Å². The quantitative estimate of drug-likeness (QED) is 0.830. The Morgan fingerprint density at radius 1 is 1.04 bits per heavy atom. The van der Waals surface area contributed by atoms with E-state index < -0.39 is 5.82 Å². The van der Waals surface area contributed by atoms with Crippen LogP contribution in [0.3, 0.4) is 0 Å². The van der Waals surface area contributed by atoms with E-state index in [4.69, 9.17) is 11.6 Å². The van der Waals surface area contributed by atoms with Gasteiger partial charge in [0.1, 0.15) is 17.5 Å². The molecular formula is C16H13ClF2N4. The SMILES string of the molecule is FC1=CC=C(Nc2nccc(Nc3ccc(F)c(Cl)c3)n2)CC1. The first kappa shape index (κ1) is 15.4. The molecule has 1 aliphatic carbocycles. The van der Waals surface area contributed by atoms with E-state index in [1.54, 1.807) is 24.4 Å². The second-order valence-corrected chi connectivity index (χ2v) is 5.36. The average Bonchev–Trinajstić information content (AvgIpc) is 2.54. The van der Waals surface area contributed by atoms with Crippen molar-refractivity contribution in [3.8, 4) is 0 Å². The molecule has 0 spiro atoms. The third kappa shape index (κ3) is 4.04. The van der Waals surface area contributed by atoms with Crippen LogP contribution in [0.4, 0.5) is 26.2 Å². The van der Waals surface area contributed by atoms with Gasteiger partial charge in [-0.3, -0.25) is 0 Å². The van der Waals surface area contributed by atoms with Crippen LogP contribution in [0.5, 0.6) is 0 Å². The Kier molecular flexibility index (Phi) is 4.52. The molecule has 0 amide bonds. The van der Waals surface area contributed by atoms with Crippen molar-refractivity contribution in [3.63, 3.8) is 0 Å². The number of rotatable bonds is 4. The van der Waals surface area contributed by atoms with Gasteiger partial charge in [0, 0.05) is 24.0 Å². The molecular weight excluding hydrogens is 322 g/mol. The molecule has 0 saturated carbocycles. The maximum Gasteiger partial charge on any atom is 0.228 e. The van der Waals surface area contributed by atoms with E-state index in [0.29, 0.717) is 30.3 Å². The third-order valence-electron chi connectivity index (χ3n) is 3.22. The molecule has 4 nitrogen and oxygen atoms in total. The summed E-state index contributed by atoms with van der Waals surface area (Å²) in [6, 6.07) is 5.99. The molecule has 2 aromatic rings. The molecule has 118 valence electrons. The molecule has 0 atom stereocenters. The molecule has 0 aliphatic heterocycles. The van der Waals surface area contributed by atoms with Crippen molar-refractivity contribution < 1.29 is 8.78 Å². The average molecular weight is 335 g/mol. The highest BCUT2D eigenvalue weighted by Crippen LogP contribution is 2.23. The van der Waals surface area contributed by atoms with Crippen molar-refractivity contribution in [1.82, 2.24) is 9.97 Å². The molecule has 0 radical (unpaired) electrons. The van der Waals surface area contributed by atoms with Crippen LogP contribution in [0.1, 0.15) is 12.8 Å². The highest BCUT2D eigenvalue weighted by Gasteiger charge is 2.08. The summed E-state index contributed by atoms with van der Waals surface area (Å²) < 4.78 is 26.1. The lowest BCUT2D eigenvalue weighted by molar-refractivity contribution is 0.582. The largest absolute Gasteiger partial charge is 0.340 e. The zero-order valence-corrected chi connectivity index (χ0v) is 12.7. The topological polar surface area (TPSA) is 49.8 Å². The first-order chi connectivity index (χ1) is 11.1. The highest BCUT2D eigenvalue weighted by molar-refractivity contribution is 6.31. The minimum atomic E-state index is -0.480.